The fraction of sp³-hybridized carbons (Fsp3) is 0.0952. The molecule has 0 fully saturated rings. The van der Waals surface area contributed by atoms with E-state index in [4.69, 9.17) is 0 Å². The standard InChI is InChI=1S/C21H19NO4S2/c23-22(24)21(28(25,26)20-14-8-3-9-15-20)27(16-18-10-4-1-5-11-18)17-19-12-6-2-7-13-19/h1-15H,16-17H2. The zero-order valence-corrected chi connectivity index (χ0v) is 16.6. The second-order valence-electron chi connectivity index (χ2n) is 6.09. The Bertz CT molecular complexity index is 1040. The maximum absolute atomic E-state index is 13.1. The topological polar surface area (TPSA) is 77.3 Å². The first-order valence-electron chi connectivity index (χ1n) is 8.55. The third-order valence-electron chi connectivity index (χ3n) is 4.05. The average Bonchev–Trinajstić information content (AvgIpc) is 2.70. The van der Waals surface area contributed by atoms with Gasteiger partial charge in [-0.2, -0.15) is 0 Å². The molecule has 0 amide bonds. The van der Waals surface area contributed by atoms with Gasteiger partial charge in [-0.3, -0.25) is 10.1 Å². The van der Waals surface area contributed by atoms with E-state index in [0.717, 1.165) is 11.1 Å². The summed E-state index contributed by atoms with van der Waals surface area (Å²) in [5, 5.41) is 11.9. The molecule has 144 valence electrons. The van der Waals surface area contributed by atoms with Gasteiger partial charge in [-0.15, -0.1) is 0 Å². The Balaban J connectivity index is 2.17. The zero-order valence-electron chi connectivity index (χ0n) is 15.0. The maximum Gasteiger partial charge on any atom is 0.389 e. The Hall–Kier alpha value is -2.77. The molecule has 0 aromatic heterocycles. The fourth-order valence-corrected chi connectivity index (χ4v) is 7.33. The molecule has 0 spiro atoms. The van der Waals surface area contributed by atoms with Crippen molar-refractivity contribution in [1.29, 1.82) is 0 Å². The Morgan fingerprint density at radius 3 is 1.54 bits per heavy atom. The summed E-state index contributed by atoms with van der Waals surface area (Å²) in [5.74, 6) is 0.580. The molecule has 0 aliphatic rings. The van der Waals surface area contributed by atoms with E-state index in [1.165, 1.54) is 12.1 Å². The van der Waals surface area contributed by atoms with Crippen LogP contribution in [0.2, 0.25) is 0 Å². The Morgan fingerprint density at radius 2 is 1.14 bits per heavy atom. The van der Waals surface area contributed by atoms with Crippen molar-refractivity contribution in [3.63, 3.8) is 0 Å². The molecule has 0 atom stereocenters. The normalized spacial score (nSPS) is 11.3. The number of nitrogens with zero attached hydrogens (tertiary/aromatic N) is 1. The van der Waals surface area contributed by atoms with Crippen molar-refractivity contribution in [2.24, 2.45) is 0 Å². The van der Waals surface area contributed by atoms with Gasteiger partial charge in [-0.05, 0) is 23.3 Å². The molecule has 0 unspecified atom stereocenters. The van der Waals surface area contributed by atoms with E-state index < -0.39 is 29.6 Å². The van der Waals surface area contributed by atoms with Gasteiger partial charge in [0.2, 0.25) is 0 Å². The molecule has 0 N–H and O–H groups in total. The summed E-state index contributed by atoms with van der Waals surface area (Å²) in [7, 11) is -5.34. The molecular weight excluding hydrogens is 394 g/mol. The van der Waals surface area contributed by atoms with Gasteiger partial charge in [0.05, 0.1) is 9.82 Å². The van der Waals surface area contributed by atoms with Crippen LogP contribution in [0.15, 0.2) is 95.9 Å². The molecule has 0 heterocycles. The summed E-state index contributed by atoms with van der Waals surface area (Å²) in [5.41, 5.74) is 1.73. The number of sulfone groups is 1. The fourth-order valence-electron chi connectivity index (χ4n) is 2.78. The second-order valence-corrected chi connectivity index (χ2v) is 10.2. The van der Waals surface area contributed by atoms with Crippen LogP contribution in [0.4, 0.5) is 0 Å². The molecule has 0 radical (unpaired) electrons. The lowest BCUT2D eigenvalue weighted by Gasteiger charge is -2.12. The Kier molecular flexibility index (Phi) is 6.38. The van der Waals surface area contributed by atoms with Crippen molar-refractivity contribution < 1.29 is 13.3 Å². The van der Waals surface area contributed by atoms with Crippen LogP contribution in [0.1, 0.15) is 11.1 Å². The lowest BCUT2D eigenvalue weighted by Crippen LogP contribution is -2.24. The van der Waals surface area contributed by atoms with Gasteiger partial charge in [-0.1, -0.05) is 89.3 Å². The van der Waals surface area contributed by atoms with Crippen LogP contribution in [0.25, 0.3) is 0 Å². The lowest BCUT2D eigenvalue weighted by atomic mass is 10.2. The van der Waals surface area contributed by atoms with Crippen molar-refractivity contribution in [3.05, 3.63) is 112 Å². The first kappa shape index (κ1) is 20.0. The summed E-state index contributed by atoms with van der Waals surface area (Å²) >= 11 is 0. The van der Waals surface area contributed by atoms with E-state index in [0.29, 0.717) is 0 Å². The Morgan fingerprint density at radius 1 is 0.750 bits per heavy atom. The van der Waals surface area contributed by atoms with Crippen LogP contribution < -0.4 is 0 Å². The summed E-state index contributed by atoms with van der Waals surface area (Å²) < 4.78 is 25.6. The number of benzene rings is 3. The van der Waals surface area contributed by atoms with Crippen LogP contribution in [-0.4, -0.2) is 17.7 Å². The van der Waals surface area contributed by atoms with E-state index in [9.17, 15) is 18.5 Å². The van der Waals surface area contributed by atoms with E-state index in [2.05, 4.69) is 0 Å². The third-order valence-corrected chi connectivity index (χ3v) is 8.92. The number of nitro groups is 1. The predicted molar refractivity (Wildman–Crippen MR) is 114 cm³/mol. The maximum atomic E-state index is 13.1. The third kappa shape index (κ3) is 4.74. The number of rotatable bonds is 5. The summed E-state index contributed by atoms with van der Waals surface area (Å²) in [6.45, 7) is 0. The van der Waals surface area contributed by atoms with Gasteiger partial charge in [0, 0.05) is 11.5 Å². The van der Waals surface area contributed by atoms with E-state index in [1.807, 2.05) is 60.7 Å². The first-order valence-corrected chi connectivity index (χ1v) is 11.6. The van der Waals surface area contributed by atoms with Crippen LogP contribution in [0.5, 0.6) is 0 Å². The van der Waals surface area contributed by atoms with Crippen LogP contribution in [-0.2, 0) is 21.3 Å². The van der Waals surface area contributed by atoms with Crippen molar-refractivity contribution >= 4 is 24.6 Å². The highest BCUT2D eigenvalue weighted by atomic mass is 32.2. The average molecular weight is 414 g/mol. The zero-order chi connectivity index (χ0) is 20.0. The summed E-state index contributed by atoms with van der Waals surface area (Å²) in [6.07, 6.45) is 0. The molecule has 0 aliphatic carbocycles. The van der Waals surface area contributed by atoms with Crippen LogP contribution in [0.3, 0.4) is 0 Å². The predicted octanol–water partition coefficient (Wildman–Crippen LogP) is 4.49. The minimum Gasteiger partial charge on any atom is -0.257 e. The van der Waals surface area contributed by atoms with Crippen molar-refractivity contribution in [3.8, 4) is 0 Å². The molecule has 28 heavy (non-hydrogen) atoms. The highest BCUT2D eigenvalue weighted by Gasteiger charge is 2.35. The molecule has 3 rings (SSSR count). The Labute approximate surface area is 166 Å². The molecule has 0 saturated heterocycles. The van der Waals surface area contributed by atoms with Gasteiger partial charge >= 0.3 is 4.32 Å². The molecule has 3 aromatic carbocycles. The van der Waals surface area contributed by atoms with Gasteiger partial charge in [0.25, 0.3) is 9.84 Å². The highest BCUT2D eigenvalue weighted by molar-refractivity contribution is 8.29. The summed E-state index contributed by atoms with van der Waals surface area (Å²) in [4.78, 5) is 11.2. The highest BCUT2D eigenvalue weighted by Crippen LogP contribution is 2.31. The van der Waals surface area contributed by atoms with Crippen LogP contribution in [0, 0.1) is 10.1 Å². The monoisotopic (exact) mass is 413 g/mol. The molecule has 7 heteroatoms. The first-order chi connectivity index (χ1) is 13.5. The minimum absolute atomic E-state index is 0.0553. The molecular formula is C21H19NO4S2. The van der Waals surface area contributed by atoms with Crippen molar-refractivity contribution in [2.75, 3.05) is 0 Å². The van der Waals surface area contributed by atoms with E-state index >= 15 is 0 Å². The SMILES string of the molecule is O=[N+]([O-])C(=S(Cc1ccccc1)Cc1ccccc1)S(=O)(=O)c1ccccc1. The van der Waals surface area contributed by atoms with Crippen molar-refractivity contribution in [1.82, 2.24) is 0 Å². The van der Waals surface area contributed by atoms with Gasteiger partial charge < -0.3 is 0 Å². The largest absolute Gasteiger partial charge is 0.389 e. The molecule has 0 saturated carbocycles. The smallest absolute Gasteiger partial charge is 0.257 e. The van der Waals surface area contributed by atoms with Gasteiger partial charge in [0.1, 0.15) is 0 Å². The van der Waals surface area contributed by atoms with Crippen molar-refractivity contribution in [2.45, 2.75) is 16.4 Å². The van der Waals surface area contributed by atoms with Gasteiger partial charge in [-0.25, -0.2) is 8.42 Å². The molecule has 0 bridgehead atoms. The minimum atomic E-state index is -4.21. The molecule has 0 aliphatic heterocycles. The number of hydrogen-bond donors (Lipinski definition) is 0. The van der Waals surface area contributed by atoms with E-state index in [-0.39, 0.29) is 16.4 Å². The second kappa shape index (κ2) is 8.95. The van der Waals surface area contributed by atoms with E-state index in [1.54, 1.807) is 18.2 Å². The van der Waals surface area contributed by atoms with Gasteiger partial charge in [0.15, 0.2) is 0 Å². The number of hydrogen-bond acceptors (Lipinski definition) is 4. The molecule has 5 nitrogen and oxygen atoms in total. The molecule has 3 aromatic rings. The van der Waals surface area contributed by atoms with Crippen LogP contribution >= 0.6 is 10.5 Å². The quantitative estimate of drug-likeness (QED) is 0.351. The summed E-state index contributed by atoms with van der Waals surface area (Å²) in [6, 6.07) is 26.1. The lowest BCUT2D eigenvalue weighted by molar-refractivity contribution is -0.339.